The number of nitrogens with one attached hydrogen (secondary N) is 1. The average molecular weight is 228 g/mol. The van der Waals surface area contributed by atoms with E-state index in [1.165, 1.54) is 0 Å². The lowest BCUT2D eigenvalue weighted by Gasteiger charge is -2.33. The molecule has 0 aromatic rings. The van der Waals surface area contributed by atoms with Crippen LogP contribution in [0.15, 0.2) is 0 Å². The molecule has 0 aromatic carbocycles. The SMILES string of the molecule is CCNC(=O)C1CCCN(CC(O)CC)C1. The van der Waals surface area contributed by atoms with E-state index >= 15 is 0 Å². The smallest absolute Gasteiger partial charge is 0.224 e. The lowest BCUT2D eigenvalue weighted by molar-refractivity contribution is -0.126. The van der Waals surface area contributed by atoms with Crippen LogP contribution in [0, 0.1) is 5.92 Å². The van der Waals surface area contributed by atoms with Crippen LogP contribution in [0.25, 0.3) is 0 Å². The third-order valence-corrected chi connectivity index (χ3v) is 3.17. The van der Waals surface area contributed by atoms with Crippen molar-refractivity contribution >= 4 is 5.91 Å². The largest absolute Gasteiger partial charge is 0.392 e. The van der Waals surface area contributed by atoms with Crippen LogP contribution in [0.3, 0.4) is 0 Å². The molecule has 2 atom stereocenters. The van der Waals surface area contributed by atoms with Gasteiger partial charge in [0.25, 0.3) is 0 Å². The molecule has 1 amide bonds. The molecule has 1 aliphatic rings. The molecule has 1 fully saturated rings. The van der Waals surface area contributed by atoms with Gasteiger partial charge in [0.1, 0.15) is 0 Å². The summed E-state index contributed by atoms with van der Waals surface area (Å²) in [6, 6.07) is 0. The van der Waals surface area contributed by atoms with Gasteiger partial charge in [-0.1, -0.05) is 6.92 Å². The molecule has 0 spiro atoms. The average Bonchev–Trinajstić information content (AvgIpc) is 2.29. The quantitative estimate of drug-likeness (QED) is 0.725. The van der Waals surface area contributed by atoms with Gasteiger partial charge in [-0.05, 0) is 32.7 Å². The summed E-state index contributed by atoms with van der Waals surface area (Å²) in [5.74, 6) is 0.274. The molecule has 1 saturated heterocycles. The Hall–Kier alpha value is -0.610. The highest BCUT2D eigenvalue weighted by Gasteiger charge is 2.25. The van der Waals surface area contributed by atoms with Crippen molar-refractivity contribution in [3.05, 3.63) is 0 Å². The van der Waals surface area contributed by atoms with Gasteiger partial charge in [-0.3, -0.25) is 9.69 Å². The molecule has 0 radical (unpaired) electrons. The molecular weight excluding hydrogens is 204 g/mol. The summed E-state index contributed by atoms with van der Waals surface area (Å²) >= 11 is 0. The zero-order valence-corrected chi connectivity index (χ0v) is 10.4. The van der Waals surface area contributed by atoms with Gasteiger partial charge in [0.2, 0.25) is 5.91 Å². The highest BCUT2D eigenvalue weighted by Crippen LogP contribution is 2.17. The van der Waals surface area contributed by atoms with Gasteiger partial charge in [-0.2, -0.15) is 0 Å². The number of carbonyl (C=O) groups is 1. The molecule has 1 rings (SSSR count). The van der Waals surface area contributed by atoms with E-state index in [4.69, 9.17) is 0 Å². The van der Waals surface area contributed by atoms with Crippen LogP contribution < -0.4 is 5.32 Å². The molecule has 0 aromatic heterocycles. The number of hydrogen-bond acceptors (Lipinski definition) is 3. The molecule has 0 saturated carbocycles. The summed E-state index contributed by atoms with van der Waals surface area (Å²) in [7, 11) is 0. The van der Waals surface area contributed by atoms with Gasteiger partial charge in [-0.15, -0.1) is 0 Å². The third kappa shape index (κ3) is 4.10. The Morgan fingerprint density at radius 3 is 2.94 bits per heavy atom. The number of aliphatic hydroxyl groups excluding tert-OH is 1. The van der Waals surface area contributed by atoms with Gasteiger partial charge < -0.3 is 10.4 Å². The number of rotatable bonds is 5. The Morgan fingerprint density at radius 2 is 2.31 bits per heavy atom. The maximum atomic E-state index is 11.7. The number of hydrogen-bond donors (Lipinski definition) is 2. The first-order chi connectivity index (χ1) is 7.67. The van der Waals surface area contributed by atoms with E-state index in [9.17, 15) is 9.90 Å². The van der Waals surface area contributed by atoms with Crippen LogP contribution in [0.1, 0.15) is 33.1 Å². The van der Waals surface area contributed by atoms with E-state index in [2.05, 4.69) is 10.2 Å². The van der Waals surface area contributed by atoms with Crippen LogP contribution in [0.4, 0.5) is 0 Å². The fourth-order valence-electron chi connectivity index (χ4n) is 2.18. The van der Waals surface area contributed by atoms with Crippen molar-refractivity contribution in [2.75, 3.05) is 26.2 Å². The number of amides is 1. The standard InChI is InChI=1S/C12H24N2O2/c1-3-11(15)9-14-7-5-6-10(8-14)12(16)13-4-2/h10-11,15H,3-9H2,1-2H3,(H,13,16). The molecule has 16 heavy (non-hydrogen) atoms. The number of likely N-dealkylation sites (tertiary alicyclic amines) is 1. The van der Waals surface area contributed by atoms with Crippen molar-refractivity contribution in [2.24, 2.45) is 5.92 Å². The van der Waals surface area contributed by atoms with Crippen molar-refractivity contribution < 1.29 is 9.90 Å². The first-order valence-electron chi connectivity index (χ1n) is 6.35. The fourth-order valence-corrected chi connectivity index (χ4v) is 2.18. The monoisotopic (exact) mass is 228 g/mol. The Bertz CT molecular complexity index is 221. The van der Waals surface area contributed by atoms with Crippen LogP contribution in [-0.4, -0.2) is 48.2 Å². The highest BCUT2D eigenvalue weighted by atomic mass is 16.3. The molecule has 4 heteroatoms. The van der Waals surface area contributed by atoms with Gasteiger partial charge >= 0.3 is 0 Å². The lowest BCUT2D eigenvalue weighted by Crippen LogP contribution is -2.45. The predicted molar refractivity (Wildman–Crippen MR) is 64.1 cm³/mol. The van der Waals surface area contributed by atoms with E-state index in [0.29, 0.717) is 13.1 Å². The van der Waals surface area contributed by atoms with E-state index < -0.39 is 0 Å². The van der Waals surface area contributed by atoms with E-state index in [1.54, 1.807) is 0 Å². The molecule has 0 aliphatic carbocycles. The molecule has 2 unspecified atom stereocenters. The molecule has 4 nitrogen and oxygen atoms in total. The second kappa shape index (κ2) is 6.86. The maximum Gasteiger partial charge on any atom is 0.224 e. The summed E-state index contributed by atoms with van der Waals surface area (Å²) in [6.45, 7) is 7.13. The minimum atomic E-state index is -0.256. The summed E-state index contributed by atoms with van der Waals surface area (Å²) in [6.07, 6.45) is 2.55. The summed E-state index contributed by atoms with van der Waals surface area (Å²) in [4.78, 5) is 13.9. The lowest BCUT2D eigenvalue weighted by atomic mass is 9.97. The van der Waals surface area contributed by atoms with Crippen molar-refractivity contribution in [3.63, 3.8) is 0 Å². The van der Waals surface area contributed by atoms with Crippen molar-refractivity contribution in [3.8, 4) is 0 Å². The molecule has 2 N–H and O–H groups in total. The van der Waals surface area contributed by atoms with Gasteiger partial charge in [0, 0.05) is 19.6 Å². The minimum Gasteiger partial charge on any atom is -0.392 e. The Morgan fingerprint density at radius 1 is 1.56 bits per heavy atom. The number of β-amino-alcohol motifs (C(OH)–C–C–N with tert-alkyl or cyclic N) is 1. The van der Waals surface area contributed by atoms with Crippen LogP contribution in [0.5, 0.6) is 0 Å². The molecule has 1 heterocycles. The minimum absolute atomic E-state index is 0.109. The third-order valence-electron chi connectivity index (χ3n) is 3.17. The number of aliphatic hydroxyl groups is 1. The predicted octanol–water partition coefficient (Wildman–Crippen LogP) is 0.605. The van der Waals surface area contributed by atoms with E-state index in [-0.39, 0.29) is 17.9 Å². The Balaban J connectivity index is 2.37. The molecular formula is C12H24N2O2. The zero-order valence-electron chi connectivity index (χ0n) is 10.4. The fraction of sp³-hybridized carbons (Fsp3) is 0.917. The first-order valence-corrected chi connectivity index (χ1v) is 6.35. The van der Waals surface area contributed by atoms with Gasteiger partial charge in [-0.25, -0.2) is 0 Å². The Labute approximate surface area is 98.0 Å². The van der Waals surface area contributed by atoms with Crippen molar-refractivity contribution in [1.29, 1.82) is 0 Å². The zero-order chi connectivity index (χ0) is 12.0. The van der Waals surface area contributed by atoms with Gasteiger partial charge in [0.15, 0.2) is 0 Å². The molecule has 0 bridgehead atoms. The second-order valence-corrected chi connectivity index (χ2v) is 4.56. The van der Waals surface area contributed by atoms with E-state index in [0.717, 1.165) is 32.4 Å². The maximum absolute atomic E-state index is 11.7. The first kappa shape index (κ1) is 13.5. The molecule has 94 valence electrons. The summed E-state index contributed by atoms with van der Waals surface area (Å²) < 4.78 is 0. The topological polar surface area (TPSA) is 52.6 Å². The Kier molecular flexibility index (Phi) is 5.77. The van der Waals surface area contributed by atoms with Crippen LogP contribution in [0.2, 0.25) is 0 Å². The van der Waals surface area contributed by atoms with Gasteiger partial charge in [0.05, 0.1) is 12.0 Å². The van der Waals surface area contributed by atoms with Crippen molar-refractivity contribution in [1.82, 2.24) is 10.2 Å². The highest BCUT2D eigenvalue weighted by molar-refractivity contribution is 5.78. The second-order valence-electron chi connectivity index (χ2n) is 4.56. The summed E-state index contributed by atoms with van der Waals surface area (Å²) in [5, 5.41) is 12.5. The number of nitrogens with zero attached hydrogens (tertiary/aromatic N) is 1. The molecule has 1 aliphatic heterocycles. The van der Waals surface area contributed by atoms with Crippen molar-refractivity contribution in [2.45, 2.75) is 39.2 Å². The number of carbonyl (C=O) groups excluding carboxylic acids is 1. The normalized spacial score (nSPS) is 24.1. The van der Waals surface area contributed by atoms with Crippen LogP contribution in [-0.2, 0) is 4.79 Å². The van der Waals surface area contributed by atoms with E-state index in [1.807, 2.05) is 13.8 Å². The number of piperidine rings is 1. The summed E-state index contributed by atoms with van der Waals surface area (Å²) in [5.41, 5.74) is 0. The van der Waals surface area contributed by atoms with Crippen LogP contribution >= 0.6 is 0 Å².